The van der Waals surface area contributed by atoms with Crippen molar-refractivity contribution in [2.75, 3.05) is 23.8 Å². The molecule has 0 radical (unpaired) electrons. The second kappa shape index (κ2) is 7.10. The zero-order valence-electron chi connectivity index (χ0n) is 10.6. The fourth-order valence-electron chi connectivity index (χ4n) is 1.41. The molecule has 0 fully saturated rings. The van der Waals surface area contributed by atoms with Crippen LogP contribution in [0.2, 0.25) is 0 Å². The topological polar surface area (TPSA) is 57.2 Å². The van der Waals surface area contributed by atoms with Crippen LogP contribution in [0.4, 0.5) is 20.4 Å². The van der Waals surface area contributed by atoms with Gasteiger partial charge >= 0.3 is 0 Å². The summed E-state index contributed by atoms with van der Waals surface area (Å²) in [6.07, 6.45) is 1.43. The van der Waals surface area contributed by atoms with Crippen LogP contribution in [0.3, 0.4) is 0 Å². The van der Waals surface area contributed by atoms with E-state index in [0.717, 1.165) is 12.5 Å². The van der Waals surface area contributed by atoms with Gasteiger partial charge in [-0.05, 0) is 12.8 Å². The first kappa shape index (κ1) is 14.6. The van der Waals surface area contributed by atoms with Gasteiger partial charge < -0.3 is 15.7 Å². The molecule has 3 N–H and O–H groups in total. The molecule has 0 aliphatic carbocycles. The maximum absolute atomic E-state index is 13.5. The van der Waals surface area contributed by atoms with Gasteiger partial charge in [-0.3, -0.25) is 0 Å². The minimum atomic E-state index is -0.763. The van der Waals surface area contributed by atoms with Gasteiger partial charge in [0.1, 0.15) is 0 Å². The van der Waals surface area contributed by atoms with E-state index >= 15 is 0 Å². The second-order valence-electron chi connectivity index (χ2n) is 4.01. The molecule has 0 aromatic carbocycles. The molecule has 1 aromatic heterocycles. The van der Waals surface area contributed by atoms with E-state index in [-0.39, 0.29) is 24.3 Å². The lowest BCUT2D eigenvalue weighted by Gasteiger charge is -2.16. The highest BCUT2D eigenvalue weighted by molar-refractivity contribution is 5.48. The van der Waals surface area contributed by atoms with Crippen molar-refractivity contribution in [2.24, 2.45) is 0 Å². The first-order valence-corrected chi connectivity index (χ1v) is 6.09. The number of anilines is 2. The molecule has 1 atom stereocenters. The molecule has 1 heterocycles. The Morgan fingerprint density at radius 1 is 1.28 bits per heavy atom. The highest BCUT2D eigenvalue weighted by Gasteiger charge is 2.14. The quantitative estimate of drug-likeness (QED) is 0.703. The van der Waals surface area contributed by atoms with E-state index in [4.69, 9.17) is 5.11 Å². The lowest BCUT2D eigenvalue weighted by atomic mass is 10.2. The maximum atomic E-state index is 13.5. The summed E-state index contributed by atoms with van der Waals surface area (Å²) >= 11 is 0. The SMILES string of the molecule is CCCNc1nc(NC(CC)CO)c(F)cc1F. The standard InChI is InChI=1S/C12H19F2N3O/c1-3-5-15-11-9(13)6-10(14)12(17-11)16-8(4-2)7-18/h6,8,18H,3-5,7H2,1-2H3,(H2,15,16,17). The van der Waals surface area contributed by atoms with Gasteiger partial charge in [-0.2, -0.15) is 0 Å². The summed E-state index contributed by atoms with van der Waals surface area (Å²) in [6.45, 7) is 4.22. The molecule has 0 spiro atoms. The number of hydrogen-bond acceptors (Lipinski definition) is 4. The van der Waals surface area contributed by atoms with E-state index in [2.05, 4.69) is 15.6 Å². The van der Waals surface area contributed by atoms with Crippen molar-refractivity contribution in [3.63, 3.8) is 0 Å². The Kier molecular flexibility index (Phi) is 5.77. The van der Waals surface area contributed by atoms with Crippen molar-refractivity contribution in [3.05, 3.63) is 17.7 Å². The third-order valence-electron chi connectivity index (χ3n) is 2.53. The van der Waals surface area contributed by atoms with Gasteiger partial charge in [0.15, 0.2) is 23.3 Å². The van der Waals surface area contributed by atoms with Crippen LogP contribution in [0, 0.1) is 11.6 Å². The normalized spacial score (nSPS) is 12.3. The molecule has 0 bridgehead atoms. The largest absolute Gasteiger partial charge is 0.394 e. The minimum absolute atomic E-state index is 0.0218. The Labute approximate surface area is 105 Å². The first-order chi connectivity index (χ1) is 8.62. The number of hydrogen-bond donors (Lipinski definition) is 3. The first-order valence-electron chi connectivity index (χ1n) is 6.09. The van der Waals surface area contributed by atoms with E-state index in [0.29, 0.717) is 13.0 Å². The Morgan fingerprint density at radius 3 is 2.50 bits per heavy atom. The van der Waals surface area contributed by atoms with Crippen molar-refractivity contribution in [1.82, 2.24) is 4.98 Å². The average molecular weight is 259 g/mol. The Hall–Kier alpha value is -1.43. The van der Waals surface area contributed by atoms with Crippen LogP contribution in [0.15, 0.2) is 6.07 Å². The van der Waals surface area contributed by atoms with Crippen LogP contribution < -0.4 is 10.6 Å². The second-order valence-corrected chi connectivity index (χ2v) is 4.01. The van der Waals surface area contributed by atoms with Crippen LogP contribution in [0.5, 0.6) is 0 Å². The lowest BCUT2D eigenvalue weighted by Crippen LogP contribution is -2.24. The van der Waals surface area contributed by atoms with Gasteiger partial charge in [0.05, 0.1) is 12.6 Å². The maximum Gasteiger partial charge on any atom is 0.168 e. The van der Waals surface area contributed by atoms with Crippen molar-refractivity contribution in [3.8, 4) is 0 Å². The van der Waals surface area contributed by atoms with Crippen LogP contribution in [-0.2, 0) is 0 Å². The molecular weight excluding hydrogens is 240 g/mol. The minimum Gasteiger partial charge on any atom is -0.394 e. The summed E-state index contributed by atoms with van der Waals surface area (Å²) in [5.74, 6) is -1.51. The van der Waals surface area contributed by atoms with Gasteiger partial charge in [0, 0.05) is 12.6 Å². The van der Waals surface area contributed by atoms with E-state index in [1.54, 1.807) is 0 Å². The molecule has 6 heteroatoms. The molecule has 0 saturated heterocycles. The molecule has 0 aliphatic heterocycles. The van der Waals surface area contributed by atoms with Crippen molar-refractivity contribution in [2.45, 2.75) is 32.7 Å². The average Bonchev–Trinajstić information content (AvgIpc) is 2.36. The monoisotopic (exact) mass is 259 g/mol. The number of nitrogens with zero attached hydrogens (tertiary/aromatic N) is 1. The Balaban J connectivity index is 2.89. The van der Waals surface area contributed by atoms with Crippen LogP contribution in [0.25, 0.3) is 0 Å². The Morgan fingerprint density at radius 2 is 1.94 bits per heavy atom. The molecule has 1 unspecified atom stereocenters. The number of rotatable bonds is 7. The highest BCUT2D eigenvalue weighted by atomic mass is 19.1. The van der Waals surface area contributed by atoms with E-state index in [1.165, 1.54) is 0 Å². The highest BCUT2D eigenvalue weighted by Crippen LogP contribution is 2.20. The summed E-state index contributed by atoms with van der Waals surface area (Å²) in [5.41, 5.74) is 0. The Bertz CT molecular complexity index is 384. The van der Waals surface area contributed by atoms with Gasteiger partial charge in [-0.1, -0.05) is 13.8 Å². The predicted molar refractivity (Wildman–Crippen MR) is 67.7 cm³/mol. The van der Waals surface area contributed by atoms with E-state index < -0.39 is 11.6 Å². The van der Waals surface area contributed by atoms with Crippen molar-refractivity contribution >= 4 is 11.6 Å². The summed E-state index contributed by atoms with van der Waals surface area (Å²) < 4.78 is 26.9. The molecule has 1 aromatic rings. The number of halogens is 2. The number of aliphatic hydroxyl groups excluding tert-OH is 1. The third kappa shape index (κ3) is 3.80. The van der Waals surface area contributed by atoms with Gasteiger partial charge in [-0.25, -0.2) is 13.8 Å². The zero-order valence-corrected chi connectivity index (χ0v) is 10.6. The van der Waals surface area contributed by atoms with Crippen LogP contribution in [-0.4, -0.2) is 29.3 Å². The molecule has 0 saturated carbocycles. The number of nitrogens with one attached hydrogen (secondary N) is 2. The van der Waals surface area contributed by atoms with Crippen molar-refractivity contribution < 1.29 is 13.9 Å². The smallest absolute Gasteiger partial charge is 0.168 e. The molecular formula is C12H19F2N3O. The lowest BCUT2D eigenvalue weighted by molar-refractivity contribution is 0.271. The van der Waals surface area contributed by atoms with Crippen molar-refractivity contribution in [1.29, 1.82) is 0 Å². The fraction of sp³-hybridized carbons (Fsp3) is 0.583. The molecule has 0 amide bonds. The molecule has 18 heavy (non-hydrogen) atoms. The number of aliphatic hydroxyl groups is 1. The summed E-state index contributed by atoms with van der Waals surface area (Å²) in [7, 11) is 0. The summed E-state index contributed by atoms with van der Waals surface area (Å²) in [5, 5.41) is 14.6. The third-order valence-corrected chi connectivity index (χ3v) is 2.53. The molecule has 1 rings (SSSR count). The number of pyridine rings is 1. The summed E-state index contributed by atoms with van der Waals surface area (Å²) in [6, 6.07) is 0.494. The van der Waals surface area contributed by atoms with Crippen LogP contribution in [0.1, 0.15) is 26.7 Å². The van der Waals surface area contributed by atoms with E-state index in [9.17, 15) is 8.78 Å². The molecule has 102 valence electrons. The van der Waals surface area contributed by atoms with Crippen LogP contribution >= 0.6 is 0 Å². The van der Waals surface area contributed by atoms with E-state index in [1.807, 2.05) is 13.8 Å². The fourth-order valence-corrected chi connectivity index (χ4v) is 1.41. The zero-order chi connectivity index (χ0) is 13.5. The van der Waals surface area contributed by atoms with Gasteiger partial charge in [-0.15, -0.1) is 0 Å². The molecule has 4 nitrogen and oxygen atoms in total. The predicted octanol–water partition coefficient (Wildman–Crippen LogP) is 2.36. The van der Waals surface area contributed by atoms with Gasteiger partial charge in [0.2, 0.25) is 0 Å². The number of aromatic nitrogens is 1. The summed E-state index contributed by atoms with van der Waals surface area (Å²) in [4.78, 5) is 3.86. The molecule has 0 aliphatic rings. The van der Waals surface area contributed by atoms with Gasteiger partial charge in [0.25, 0.3) is 0 Å².